The number of piperidine rings is 1. The van der Waals surface area contributed by atoms with Crippen LogP contribution in [-0.4, -0.2) is 63.4 Å². The Labute approximate surface area is 204 Å². The molecule has 1 fully saturated rings. The SMILES string of the molecule is COc1cc(N)c(Cl)cc1C(=O)N[C@H]1CCN(CCCOc2ccc(F)cc2)C[C@H]1OC.Cl. The summed E-state index contributed by atoms with van der Waals surface area (Å²) in [4.78, 5) is 15.1. The Bertz CT molecular complexity index is 917. The first-order chi connectivity index (χ1) is 15.4. The summed E-state index contributed by atoms with van der Waals surface area (Å²) in [5.41, 5.74) is 6.49. The van der Waals surface area contributed by atoms with Gasteiger partial charge in [-0.15, -0.1) is 12.4 Å². The van der Waals surface area contributed by atoms with Gasteiger partial charge in [0.05, 0.1) is 42.1 Å². The van der Waals surface area contributed by atoms with Crippen molar-refractivity contribution in [2.24, 2.45) is 0 Å². The lowest BCUT2D eigenvalue weighted by molar-refractivity contribution is 0.00527. The molecule has 1 aliphatic rings. The topological polar surface area (TPSA) is 86.0 Å². The van der Waals surface area contributed by atoms with E-state index in [-0.39, 0.29) is 36.3 Å². The largest absolute Gasteiger partial charge is 0.496 e. The van der Waals surface area contributed by atoms with Crippen LogP contribution in [-0.2, 0) is 4.74 Å². The van der Waals surface area contributed by atoms with Crippen molar-refractivity contribution in [3.05, 3.63) is 52.8 Å². The van der Waals surface area contributed by atoms with Gasteiger partial charge in [0.15, 0.2) is 0 Å². The zero-order valence-corrected chi connectivity index (χ0v) is 20.3. The number of hydrogen-bond acceptors (Lipinski definition) is 6. The Morgan fingerprint density at radius 1 is 1.27 bits per heavy atom. The molecule has 0 unspecified atom stereocenters. The molecule has 2 aromatic rings. The summed E-state index contributed by atoms with van der Waals surface area (Å²) in [5.74, 6) is 0.463. The molecule has 1 saturated heterocycles. The highest BCUT2D eigenvalue weighted by atomic mass is 35.5. The second-order valence-electron chi connectivity index (χ2n) is 7.67. The van der Waals surface area contributed by atoms with Crippen molar-refractivity contribution < 1.29 is 23.4 Å². The highest BCUT2D eigenvalue weighted by Gasteiger charge is 2.31. The third kappa shape index (κ3) is 7.37. The molecule has 0 aliphatic carbocycles. The van der Waals surface area contributed by atoms with Crippen molar-refractivity contribution in [1.29, 1.82) is 0 Å². The van der Waals surface area contributed by atoms with Gasteiger partial charge in [-0.25, -0.2) is 4.39 Å². The van der Waals surface area contributed by atoms with Crippen molar-refractivity contribution in [2.45, 2.75) is 25.0 Å². The van der Waals surface area contributed by atoms with Crippen molar-refractivity contribution >= 4 is 35.6 Å². The molecule has 7 nitrogen and oxygen atoms in total. The summed E-state index contributed by atoms with van der Waals surface area (Å²) >= 11 is 6.09. The average molecular weight is 502 g/mol. The number of ether oxygens (including phenoxy) is 3. The van der Waals surface area contributed by atoms with Gasteiger partial charge in [0.1, 0.15) is 17.3 Å². The number of nitrogens with zero attached hydrogens (tertiary/aromatic N) is 1. The van der Waals surface area contributed by atoms with Crippen LogP contribution in [0.2, 0.25) is 5.02 Å². The van der Waals surface area contributed by atoms with Gasteiger partial charge in [0.25, 0.3) is 5.91 Å². The van der Waals surface area contributed by atoms with E-state index in [4.69, 9.17) is 31.5 Å². The zero-order chi connectivity index (χ0) is 23.1. The number of nitrogens with two attached hydrogens (primary N) is 1. The Kier molecular flexibility index (Phi) is 10.5. The van der Waals surface area contributed by atoms with Gasteiger partial charge in [-0.1, -0.05) is 11.6 Å². The number of anilines is 1. The van der Waals surface area contributed by atoms with E-state index in [9.17, 15) is 9.18 Å². The molecule has 182 valence electrons. The number of rotatable bonds is 9. The summed E-state index contributed by atoms with van der Waals surface area (Å²) in [7, 11) is 3.13. The smallest absolute Gasteiger partial charge is 0.255 e. The second-order valence-corrected chi connectivity index (χ2v) is 8.08. The first-order valence-corrected chi connectivity index (χ1v) is 10.9. The number of nitrogen functional groups attached to an aromatic ring is 1. The molecule has 1 heterocycles. The van der Waals surface area contributed by atoms with E-state index in [1.54, 1.807) is 25.3 Å². The number of carbonyl (C=O) groups excluding carboxylic acids is 1. The normalized spacial score (nSPS) is 18.3. The third-order valence-electron chi connectivity index (χ3n) is 5.53. The molecule has 0 radical (unpaired) electrons. The number of benzene rings is 2. The lowest BCUT2D eigenvalue weighted by Gasteiger charge is -2.38. The Morgan fingerprint density at radius 2 is 2.00 bits per heavy atom. The minimum Gasteiger partial charge on any atom is -0.496 e. The number of likely N-dealkylation sites (tertiary alicyclic amines) is 1. The highest BCUT2D eigenvalue weighted by molar-refractivity contribution is 6.33. The van der Waals surface area contributed by atoms with E-state index in [1.807, 2.05) is 0 Å². The van der Waals surface area contributed by atoms with E-state index < -0.39 is 0 Å². The standard InChI is InChI=1S/C23H29ClFN3O4.ClH/c1-30-21-13-19(26)18(24)12-17(21)23(29)27-20-8-10-28(14-22(20)31-2)9-3-11-32-16-6-4-15(25)5-7-16;/h4-7,12-13,20,22H,3,8-11,14,26H2,1-2H3,(H,27,29);1H/t20-,22+;/m0./s1. The van der Waals surface area contributed by atoms with Gasteiger partial charge < -0.3 is 30.2 Å². The number of nitrogens with one attached hydrogen (secondary N) is 1. The number of halogens is 3. The number of amides is 1. The van der Waals surface area contributed by atoms with Crippen molar-refractivity contribution in [3.63, 3.8) is 0 Å². The number of methoxy groups -OCH3 is 2. The number of carbonyl (C=O) groups is 1. The molecule has 10 heteroatoms. The van der Waals surface area contributed by atoms with Crippen LogP contribution in [0, 0.1) is 5.82 Å². The molecule has 0 aromatic heterocycles. The Hall–Kier alpha value is -2.26. The highest BCUT2D eigenvalue weighted by Crippen LogP contribution is 2.29. The summed E-state index contributed by atoms with van der Waals surface area (Å²) < 4.78 is 29.5. The van der Waals surface area contributed by atoms with E-state index in [1.165, 1.54) is 25.3 Å². The van der Waals surface area contributed by atoms with Gasteiger partial charge in [-0.05, 0) is 43.2 Å². The Morgan fingerprint density at radius 3 is 2.67 bits per heavy atom. The molecule has 0 saturated carbocycles. The van der Waals surface area contributed by atoms with Crippen LogP contribution in [0.15, 0.2) is 36.4 Å². The van der Waals surface area contributed by atoms with Crippen molar-refractivity contribution in [2.75, 3.05) is 46.2 Å². The quantitative estimate of drug-likeness (QED) is 0.401. The maximum atomic E-state index is 12.9. The lowest BCUT2D eigenvalue weighted by atomic mass is 10.0. The van der Waals surface area contributed by atoms with Crippen LogP contribution in [0.25, 0.3) is 0 Å². The van der Waals surface area contributed by atoms with E-state index >= 15 is 0 Å². The maximum Gasteiger partial charge on any atom is 0.255 e. The summed E-state index contributed by atoms with van der Waals surface area (Å²) in [5, 5.41) is 3.35. The molecular weight excluding hydrogens is 472 g/mol. The average Bonchev–Trinajstić information content (AvgIpc) is 2.80. The lowest BCUT2D eigenvalue weighted by Crippen LogP contribution is -2.55. The van der Waals surface area contributed by atoms with Crippen LogP contribution >= 0.6 is 24.0 Å². The maximum absolute atomic E-state index is 12.9. The molecule has 3 N–H and O–H groups in total. The van der Waals surface area contributed by atoms with Gasteiger partial charge in [-0.3, -0.25) is 4.79 Å². The molecule has 3 rings (SSSR count). The van der Waals surface area contributed by atoms with Gasteiger partial charge in [-0.2, -0.15) is 0 Å². The molecule has 2 atom stereocenters. The monoisotopic (exact) mass is 501 g/mol. The minimum absolute atomic E-state index is 0. The fourth-order valence-corrected chi connectivity index (χ4v) is 3.92. The summed E-state index contributed by atoms with van der Waals surface area (Å²) in [6.07, 6.45) is 1.42. The molecule has 33 heavy (non-hydrogen) atoms. The van der Waals surface area contributed by atoms with E-state index in [0.717, 1.165) is 25.9 Å². The molecular formula is C23H30Cl2FN3O4. The van der Waals surface area contributed by atoms with Gasteiger partial charge in [0, 0.05) is 32.8 Å². The number of hydrogen-bond donors (Lipinski definition) is 2. The fraction of sp³-hybridized carbons (Fsp3) is 0.435. The van der Waals surface area contributed by atoms with Crippen molar-refractivity contribution in [3.8, 4) is 11.5 Å². The summed E-state index contributed by atoms with van der Waals surface area (Å²) in [6.45, 7) is 2.89. The summed E-state index contributed by atoms with van der Waals surface area (Å²) in [6, 6.07) is 8.92. The van der Waals surface area contributed by atoms with E-state index in [0.29, 0.717) is 40.9 Å². The predicted octanol–water partition coefficient (Wildman–Crippen LogP) is 3.78. The van der Waals surface area contributed by atoms with Crippen molar-refractivity contribution in [1.82, 2.24) is 10.2 Å². The minimum atomic E-state index is -0.282. The predicted molar refractivity (Wildman–Crippen MR) is 129 cm³/mol. The van der Waals surface area contributed by atoms with Gasteiger partial charge in [0.2, 0.25) is 0 Å². The molecule has 0 bridgehead atoms. The second kappa shape index (κ2) is 12.8. The molecule has 2 aromatic carbocycles. The van der Waals surface area contributed by atoms with Crippen LogP contribution in [0.3, 0.4) is 0 Å². The molecule has 1 amide bonds. The Balaban J connectivity index is 0.00000385. The van der Waals surface area contributed by atoms with Crippen LogP contribution < -0.4 is 20.5 Å². The van der Waals surface area contributed by atoms with Gasteiger partial charge >= 0.3 is 0 Å². The third-order valence-corrected chi connectivity index (χ3v) is 5.85. The first kappa shape index (κ1) is 27.0. The van der Waals surface area contributed by atoms with Crippen LogP contribution in [0.1, 0.15) is 23.2 Å². The molecule has 0 spiro atoms. The zero-order valence-electron chi connectivity index (χ0n) is 18.7. The van der Waals surface area contributed by atoms with Crippen LogP contribution in [0.4, 0.5) is 10.1 Å². The first-order valence-electron chi connectivity index (χ1n) is 10.5. The van der Waals surface area contributed by atoms with Crippen LogP contribution in [0.5, 0.6) is 11.5 Å². The molecule has 1 aliphatic heterocycles. The fourth-order valence-electron chi connectivity index (χ4n) is 3.76. The van der Waals surface area contributed by atoms with E-state index in [2.05, 4.69) is 10.2 Å².